The number of nitrogens with zero attached hydrogens (tertiary/aromatic N) is 1. The predicted octanol–water partition coefficient (Wildman–Crippen LogP) is 4.02. The molecule has 0 saturated heterocycles. The Bertz CT molecular complexity index is 937. The minimum Gasteiger partial charge on any atom is -0.448 e. The molecular weight excluding hydrogens is 394 g/mol. The second-order valence-electron chi connectivity index (χ2n) is 6.76. The van der Waals surface area contributed by atoms with Crippen molar-refractivity contribution in [3.8, 4) is 0 Å². The lowest BCUT2D eigenvalue weighted by atomic mass is 10.0. The number of hydrogen-bond donors (Lipinski definition) is 2. The number of pyridine rings is 1. The Kier molecular flexibility index (Phi) is 8.43. The average Bonchev–Trinajstić information content (AvgIpc) is 2.82. The number of carbonyl (C=O) groups is 2. The molecule has 2 aromatic carbocycles. The first kappa shape index (κ1) is 21.8. The van der Waals surface area contributed by atoms with Crippen LogP contribution in [-0.4, -0.2) is 30.3 Å². The Morgan fingerprint density at radius 1 is 0.839 bits per heavy atom. The van der Waals surface area contributed by atoms with Crippen LogP contribution in [0.4, 0.5) is 9.59 Å². The highest BCUT2D eigenvalue weighted by molar-refractivity contribution is 5.68. The van der Waals surface area contributed by atoms with Crippen LogP contribution in [-0.2, 0) is 22.5 Å². The van der Waals surface area contributed by atoms with Crippen molar-refractivity contribution in [1.29, 1.82) is 0 Å². The molecule has 1 unspecified atom stereocenters. The predicted molar refractivity (Wildman–Crippen MR) is 116 cm³/mol. The molecule has 1 atom stereocenters. The van der Waals surface area contributed by atoms with Crippen LogP contribution < -0.4 is 10.6 Å². The van der Waals surface area contributed by atoms with E-state index in [1.54, 1.807) is 6.20 Å². The second kappa shape index (κ2) is 12.0. The van der Waals surface area contributed by atoms with Crippen LogP contribution in [0, 0.1) is 0 Å². The van der Waals surface area contributed by atoms with Crippen LogP contribution >= 0.6 is 0 Å². The third kappa shape index (κ3) is 7.81. The number of aromatic nitrogens is 1. The van der Waals surface area contributed by atoms with Gasteiger partial charge in [-0.15, -0.1) is 0 Å². The Morgan fingerprint density at radius 3 is 2.26 bits per heavy atom. The summed E-state index contributed by atoms with van der Waals surface area (Å²) < 4.78 is 10.3. The number of alkyl carbamates (subject to hydrolysis) is 2. The molecule has 2 N–H and O–H groups in total. The molecule has 0 aliphatic heterocycles. The van der Waals surface area contributed by atoms with E-state index in [0.29, 0.717) is 6.42 Å². The molecule has 0 fully saturated rings. The van der Waals surface area contributed by atoms with E-state index in [0.717, 1.165) is 16.8 Å². The molecule has 0 aliphatic rings. The van der Waals surface area contributed by atoms with E-state index < -0.39 is 12.2 Å². The number of amides is 2. The quantitative estimate of drug-likeness (QED) is 0.512. The third-order valence-electron chi connectivity index (χ3n) is 4.45. The largest absolute Gasteiger partial charge is 0.448 e. The van der Waals surface area contributed by atoms with Crippen LogP contribution in [0.3, 0.4) is 0 Å². The minimum absolute atomic E-state index is 0.0252. The highest BCUT2D eigenvalue weighted by Gasteiger charge is 2.16. The van der Waals surface area contributed by atoms with Gasteiger partial charge in [-0.3, -0.25) is 4.98 Å². The molecule has 3 rings (SSSR count). The molecule has 31 heavy (non-hydrogen) atoms. The highest BCUT2D eigenvalue weighted by Crippen LogP contribution is 2.17. The normalized spacial score (nSPS) is 11.2. The standard InChI is InChI=1S/C24H25N3O4/c28-23(31-18-19-9-3-1-4-10-19)26-15-16-30-24(29)27-22(20-11-5-2-6-12-20)17-21-13-7-8-14-25-21/h1-14,22H,15-18H2,(H,26,28)(H,27,29). The summed E-state index contributed by atoms with van der Waals surface area (Å²) >= 11 is 0. The molecule has 2 amide bonds. The molecular formula is C24H25N3O4. The molecule has 3 aromatic rings. The maximum atomic E-state index is 12.3. The van der Waals surface area contributed by atoms with Crippen molar-refractivity contribution in [3.05, 3.63) is 102 Å². The highest BCUT2D eigenvalue weighted by atomic mass is 16.6. The Hall–Kier alpha value is -3.87. The number of nitrogens with one attached hydrogen (secondary N) is 2. The van der Waals surface area contributed by atoms with Crippen molar-refractivity contribution < 1.29 is 19.1 Å². The van der Waals surface area contributed by atoms with Gasteiger partial charge < -0.3 is 20.1 Å². The molecule has 0 aliphatic carbocycles. The monoisotopic (exact) mass is 419 g/mol. The fourth-order valence-corrected chi connectivity index (χ4v) is 2.92. The zero-order chi connectivity index (χ0) is 21.7. The molecule has 0 spiro atoms. The minimum atomic E-state index is -0.566. The first-order valence-corrected chi connectivity index (χ1v) is 10.0. The van der Waals surface area contributed by atoms with E-state index in [9.17, 15) is 9.59 Å². The maximum Gasteiger partial charge on any atom is 0.407 e. The van der Waals surface area contributed by atoms with Crippen molar-refractivity contribution in [3.63, 3.8) is 0 Å². The van der Waals surface area contributed by atoms with E-state index >= 15 is 0 Å². The number of ether oxygens (including phenoxy) is 2. The summed E-state index contributed by atoms with van der Waals surface area (Å²) in [6, 6.07) is 24.4. The maximum absolute atomic E-state index is 12.3. The van der Waals surface area contributed by atoms with Crippen molar-refractivity contribution in [2.75, 3.05) is 13.2 Å². The molecule has 160 valence electrons. The van der Waals surface area contributed by atoms with Crippen LogP contribution in [0.15, 0.2) is 85.1 Å². The van der Waals surface area contributed by atoms with E-state index in [1.165, 1.54) is 0 Å². The first-order valence-electron chi connectivity index (χ1n) is 10.0. The summed E-state index contributed by atoms with van der Waals surface area (Å²) in [5.41, 5.74) is 2.71. The molecule has 1 heterocycles. The fraction of sp³-hybridized carbons (Fsp3) is 0.208. The topological polar surface area (TPSA) is 89.5 Å². The van der Waals surface area contributed by atoms with E-state index in [-0.39, 0.29) is 25.8 Å². The number of rotatable bonds is 9. The number of benzene rings is 2. The van der Waals surface area contributed by atoms with Crippen LogP contribution in [0.1, 0.15) is 22.9 Å². The van der Waals surface area contributed by atoms with E-state index in [4.69, 9.17) is 9.47 Å². The molecule has 7 heteroatoms. The van der Waals surface area contributed by atoms with Gasteiger partial charge in [-0.2, -0.15) is 0 Å². The Balaban J connectivity index is 1.41. The smallest absolute Gasteiger partial charge is 0.407 e. The van der Waals surface area contributed by atoms with Crippen molar-refractivity contribution in [2.24, 2.45) is 0 Å². The van der Waals surface area contributed by atoms with Crippen LogP contribution in [0.25, 0.3) is 0 Å². The SMILES string of the molecule is O=C(NCCOC(=O)NC(Cc1ccccn1)c1ccccc1)OCc1ccccc1. The van der Waals surface area contributed by atoms with E-state index in [2.05, 4.69) is 15.6 Å². The Labute approximate surface area is 181 Å². The van der Waals surface area contributed by atoms with Gasteiger partial charge in [0, 0.05) is 18.3 Å². The summed E-state index contributed by atoms with van der Waals surface area (Å²) in [4.78, 5) is 28.3. The van der Waals surface area contributed by atoms with Gasteiger partial charge in [0.05, 0.1) is 12.6 Å². The lowest BCUT2D eigenvalue weighted by Gasteiger charge is -2.19. The van der Waals surface area contributed by atoms with Gasteiger partial charge >= 0.3 is 12.2 Å². The van der Waals surface area contributed by atoms with Gasteiger partial charge in [-0.25, -0.2) is 9.59 Å². The molecule has 0 bridgehead atoms. The lowest BCUT2D eigenvalue weighted by Crippen LogP contribution is -2.34. The first-order chi connectivity index (χ1) is 15.2. The van der Waals surface area contributed by atoms with Gasteiger partial charge in [0.1, 0.15) is 13.2 Å². The zero-order valence-corrected chi connectivity index (χ0v) is 17.1. The second-order valence-corrected chi connectivity index (χ2v) is 6.76. The average molecular weight is 419 g/mol. The number of hydrogen-bond acceptors (Lipinski definition) is 5. The van der Waals surface area contributed by atoms with Crippen molar-refractivity contribution >= 4 is 12.2 Å². The van der Waals surface area contributed by atoms with Gasteiger partial charge in [0.2, 0.25) is 0 Å². The third-order valence-corrected chi connectivity index (χ3v) is 4.45. The fourth-order valence-electron chi connectivity index (χ4n) is 2.92. The summed E-state index contributed by atoms with van der Waals surface area (Å²) in [7, 11) is 0. The van der Waals surface area contributed by atoms with Gasteiger partial charge in [0.15, 0.2) is 0 Å². The lowest BCUT2D eigenvalue weighted by molar-refractivity contribution is 0.126. The summed E-state index contributed by atoms with van der Waals surface area (Å²) in [6.45, 7) is 0.356. The number of carbonyl (C=O) groups excluding carboxylic acids is 2. The summed E-state index contributed by atoms with van der Waals surface area (Å²) in [5, 5.41) is 5.43. The zero-order valence-electron chi connectivity index (χ0n) is 17.1. The van der Waals surface area contributed by atoms with E-state index in [1.807, 2.05) is 78.9 Å². The van der Waals surface area contributed by atoms with Crippen molar-refractivity contribution in [2.45, 2.75) is 19.1 Å². The van der Waals surface area contributed by atoms with Gasteiger partial charge in [0.25, 0.3) is 0 Å². The van der Waals surface area contributed by atoms with Gasteiger partial charge in [-0.1, -0.05) is 66.7 Å². The molecule has 0 radical (unpaired) electrons. The Morgan fingerprint density at radius 2 is 1.55 bits per heavy atom. The van der Waals surface area contributed by atoms with Gasteiger partial charge in [-0.05, 0) is 23.3 Å². The molecule has 1 aromatic heterocycles. The summed E-state index contributed by atoms with van der Waals surface area (Å²) in [5.74, 6) is 0. The van der Waals surface area contributed by atoms with Crippen LogP contribution in [0.2, 0.25) is 0 Å². The molecule has 7 nitrogen and oxygen atoms in total. The summed E-state index contributed by atoms with van der Waals surface area (Å²) in [6.07, 6.45) is 1.12. The van der Waals surface area contributed by atoms with Crippen LogP contribution in [0.5, 0.6) is 0 Å². The van der Waals surface area contributed by atoms with Crippen molar-refractivity contribution in [1.82, 2.24) is 15.6 Å². The molecule has 0 saturated carbocycles.